The van der Waals surface area contributed by atoms with Gasteiger partial charge in [-0.1, -0.05) is 30.4 Å². The second-order valence-corrected chi connectivity index (χ2v) is 17.1. The third-order valence-corrected chi connectivity index (χ3v) is 13.4. The molecule has 4 aliphatic rings. The Kier molecular flexibility index (Phi) is 12.4. The van der Waals surface area contributed by atoms with Gasteiger partial charge in [0.05, 0.1) is 19.3 Å². The number of rotatable bonds is 11. The maximum Gasteiger partial charge on any atom is 0.185 e. The number of hydrogen-bond donors (Lipinski definition) is 7. The van der Waals surface area contributed by atoms with Crippen molar-refractivity contribution in [1.29, 1.82) is 0 Å². The number of hydrogen-bond acceptors (Lipinski definition) is 9. The van der Waals surface area contributed by atoms with E-state index >= 15 is 0 Å². The summed E-state index contributed by atoms with van der Waals surface area (Å²) in [5.74, 6) is 8.55. The predicted octanol–water partition coefficient (Wildman–Crippen LogP) is 5.47. The number of aromatic hydroxyl groups is 2. The summed E-state index contributed by atoms with van der Waals surface area (Å²) in [5, 5.41) is 50.1. The number of aryl methyl sites for hydroxylation is 1. The van der Waals surface area contributed by atoms with E-state index in [0.717, 1.165) is 66.1 Å². The molecule has 3 aromatic rings. The number of guanidine groups is 1. The third kappa shape index (κ3) is 9.09. The van der Waals surface area contributed by atoms with Gasteiger partial charge in [0.1, 0.15) is 16.9 Å². The number of ether oxygens (including phenoxy) is 1. The van der Waals surface area contributed by atoms with Crippen molar-refractivity contribution in [3.63, 3.8) is 0 Å². The Morgan fingerprint density at radius 3 is 2.63 bits per heavy atom. The monoisotopic (exact) mass is 778 g/mol. The highest BCUT2D eigenvalue weighted by Gasteiger charge is 2.47. The lowest BCUT2D eigenvalue weighted by Crippen LogP contribution is -2.49. The van der Waals surface area contributed by atoms with E-state index in [1.165, 1.54) is 7.11 Å². The minimum absolute atomic E-state index is 0.00646. The summed E-state index contributed by atoms with van der Waals surface area (Å²) in [7, 11) is 1.50. The van der Waals surface area contributed by atoms with Crippen LogP contribution < -0.4 is 21.5 Å². The number of nitrogens with one attached hydrogen (secondary N) is 1. The molecule has 304 valence electrons. The minimum Gasteiger partial charge on any atom is -0.508 e. The van der Waals surface area contributed by atoms with Crippen molar-refractivity contribution in [3.8, 4) is 29.1 Å². The largest absolute Gasteiger partial charge is 0.508 e. The molecule has 1 spiro atoms. The first-order valence-corrected chi connectivity index (χ1v) is 20.8. The highest BCUT2D eigenvalue weighted by Crippen LogP contribution is 2.45. The summed E-state index contributed by atoms with van der Waals surface area (Å²) in [4.78, 5) is 30.3. The topological polar surface area (TPSA) is 201 Å². The molecular weight excluding hydrogens is 721 g/mol. The van der Waals surface area contributed by atoms with Crippen LogP contribution in [0, 0.1) is 35.0 Å². The number of methoxy groups -OCH3 is 1. The summed E-state index contributed by atoms with van der Waals surface area (Å²) in [6, 6.07) is 12.8. The second-order valence-electron chi connectivity index (χ2n) is 17.1. The van der Waals surface area contributed by atoms with Gasteiger partial charge in [-0.25, -0.2) is 0 Å². The summed E-state index contributed by atoms with van der Waals surface area (Å²) >= 11 is 0. The van der Waals surface area contributed by atoms with Gasteiger partial charge in [-0.3, -0.25) is 14.6 Å². The first-order valence-electron chi connectivity index (χ1n) is 20.8. The standard InChI is InChI=1S/C46H58N4O7/c1-57-42-22-31-7-11-43(55)46(15-12-27(19-44(46)56)2-3-28-18-33-5-9-36(52)24-39(33)50-26-28)16-13-29(38(31)25-41(42)54)6-10-40(53)34-20-30-4-8-35(51)23-37(30)32(21-34)14-17-49-45(47)48/h4,8,20-23,25,27-29,33,39-40,44,50-51,53-54,56H,2-3,5-7,9-12,14-15,17-19,24,26H2,1H3,(H4,47,48,49)/t27-,28-,29-,33+,39+,40-,44+,46-/m0/s1. The van der Waals surface area contributed by atoms with Crippen LogP contribution in [0.5, 0.6) is 17.2 Å². The fourth-order valence-corrected chi connectivity index (χ4v) is 10.1. The number of fused-ring (bicyclic) bond motifs is 3. The quantitative estimate of drug-likeness (QED) is 0.0744. The Hall–Kier alpha value is -4.63. The Bertz CT molecular complexity index is 2070. The van der Waals surface area contributed by atoms with Crippen LogP contribution in [0.4, 0.5) is 0 Å². The van der Waals surface area contributed by atoms with Crippen molar-refractivity contribution >= 4 is 28.3 Å². The summed E-state index contributed by atoms with van der Waals surface area (Å²) in [6.07, 6.45) is 7.51. The lowest BCUT2D eigenvalue weighted by Gasteiger charge is -2.42. The minimum atomic E-state index is -1.18. The van der Waals surface area contributed by atoms with Gasteiger partial charge >= 0.3 is 0 Å². The molecular formula is C46H58N4O7. The number of aliphatic hydroxyl groups is 2. The zero-order chi connectivity index (χ0) is 40.3. The number of Topliss-reactive ketones (excluding diaryl/α,β-unsaturated/α-hetero) is 2. The first kappa shape index (κ1) is 40.6. The van der Waals surface area contributed by atoms with E-state index in [1.54, 1.807) is 24.3 Å². The number of benzene rings is 3. The molecule has 57 heavy (non-hydrogen) atoms. The van der Waals surface area contributed by atoms with Gasteiger partial charge < -0.3 is 41.9 Å². The SMILES string of the molecule is COc1cc2c(cc1O)[C@@H](CC[C@H](O)c1cc(CCN=C(N)N)c3cc(O)ccc3c1)C#C[C@@]1(CC[C@H](CC[C@@H]3CN[C@@H]4CC(=O)CC[C@@H]4C3)C[C@H]1O)C(=O)CC2. The normalized spacial score (nSPS) is 27.9. The molecule has 1 saturated heterocycles. The van der Waals surface area contributed by atoms with E-state index in [4.69, 9.17) is 16.2 Å². The lowest BCUT2D eigenvalue weighted by molar-refractivity contribution is -0.134. The van der Waals surface area contributed by atoms with E-state index in [2.05, 4.69) is 22.2 Å². The van der Waals surface area contributed by atoms with Crippen LogP contribution in [-0.4, -0.2) is 70.3 Å². The predicted molar refractivity (Wildman–Crippen MR) is 220 cm³/mol. The first-order chi connectivity index (χ1) is 27.4. The van der Waals surface area contributed by atoms with Crippen molar-refractivity contribution < 1.29 is 34.8 Å². The Morgan fingerprint density at radius 1 is 1.02 bits per heavy atom. The van der Waals surface area contributed by atoms with E-state index in [0.29, 0.717) is 98.8 Å². The Morgan fingerprint density at radius 2 is 1.84 bits per heavy atom. The number of nitrogens with two attached hydrogens (primary N) is 2. The molecule has 1 heterocycles. The number of piperidine rings is 1. The van der Waals surface area contributed by atoms with Gasteiger partial charge in [0.2, 0.25) is 0 Å². The van der Waals surface area contributed by atoms with Gasteiger partial charge in [-0.05, 0) is 152 Å². The summed E-state index contributed by atoms with van der Waals surface area (Å²) < 4.78 is 5.46. The van der Waals surface area contributed by atoms with Gasteiger partial charge in [0.15, 0.2) is 23.2 Å². The molecule has 0 radical (unpaired) electrons. The molecule has 11 heteroatoms. The maximum atomic E-state index is 14.2. The van der Waals surface area contributed by atoms with Crippen molar-refractivity contribution in [2.24, 2.45) is 39.6 Å². The van der Waals surface area contributed by atoms with Crippen molar-refractivity contribution in [1.82, 2.24) is 5.32 Å². The van der Waals surface area contributed by atoms with E-state index in [-0.39, 0.29) is 29.7 Å². The molecule has 2 saturated carbocycles. The number of aliphatic hydroxyl groups excluding tert-OH is 2. The third-order valence-electron chi connectivity index (χ3n) is 13.4. The van der Waals surface area contributed by atoms with E-state index in [9.17, 15) is 30.0 Å². The maximum absolute atomic E-state index is 14.2. The molecule has 7 rings (SSSR count). The average molecular weight is 779 g/mol. The number of carbonyl (C=O) groups excluding carboxylic acids is 2. The smallest absolute Gasteiger partial charge is 0.185 e. The molecule has 0 bridgehead atoms. The number of carbonyl (C=O) groups is 2. The Balaban J connectivity index is 1.09. The Labute approximate surface area is 335 Å². The van der Waals surface area contributed by atoms with Gasteiger partial charge in [-0.15, -0.1) is 0 Å². The molecule has 0 unspecified atom stereocenters. The number of phenols is 2. The van der Waals surface area contributed by atoms with Crippen LogP contribution in [0.15, 0.2) is 47.5 Å². The molecule has 3 fully saturated rings. The molecule has 11 nitrogen and oxygen atoms in total. The summed E-state index contributed by atoms with van der Waals surface area (Å²) in [6.45, 7) is 1.28. The van der Waals surface area contributed by atoms with Gasteiger partial charge in [0, 0.05) is 37.8 Å². The molecule has 9 N–H and O–H groups in total. The second kappa shape index (κ2) is 17.5. The molecule has 0 aromatic heterocycles. The highest BCUT2D eigenvalue weighted by atomic mass is 16.5. The molecule has 3 aliphatic carbocycles. The van der Waals surface area contributed by atoms with Crippen molar-refractivity contribution in [2.75, 3.05) is 20.2 Å². The summed E-state index contributed by atoms with van der Waals surface area (Å²) in [5.41, 5.74) is 13.2. The fraction of sp³-hybridized carbons (Fsp3) is 0.543. The van der Waals surface area contributed by atoms with Crippen LogP contribution in [0.1, 0.15) is 111 Å². The van der Waals surface area contributed by atoms with Crippen LogP contribution in [-0.2, 0) is 22.4 Å². The van der Waals surface area contributed by atoms with Gasteiger partial charge in [0.25, 0.3) is 0 Å². The molecule has 1 aliphatic heterocycles. The molecule has 3 aromatic carbocycles. The van der Waals surface area contributed by atoms with Crippen molar-refractivity contribution in [3.05, 3.63) is 64.7 Å². The number of phenolic OH excluding ortho intramolecular Hbond substituents is 2. The highest BCUT2D eigenvalue weighted by molar-refractivity contribution is 5.90. The molecule has 0 amide bonds. The number of aliphatic imine (C=N–C) groups is 1. The van der Waals surface area contributed by atoms with Crippen LogP contribution >= 0.6 is 0 Å². The molecule has 8 atom stereocenters. The van der Waals surface area contributed by atoms with Crippen LogP contribution in [0.3, 0.4) is 0 Å². The van der Waals surface area contributed by atoms with E-state index < -0.39 is 23.5 Å². The zero-order valence-corrected chi connectivity index (χ0v) is 33.0. The van der Waals surface area contributed by atoms with Crippen molar-refractivity contribution in [2.45, 2.75) is 114 Å². The number of nitrogens with zero attached hydrogens (tertiary/aromatic N) is 1. The fourth-order valence-electron chi connectivity index (χ4n) is 10.1. The zero-order valence-electron chi connectivity index (χ0n) is 33.0. The van der Waals surface area contributed by atoms with Crippen LogP contribution in [0.25, 0.3) is 10.8 Å². The van der Waals surface area contributed by atoms with Crippen LogP contribution in [0.2, 0.25) is 0 Å². The number of ketones is 2. The van der Waals surface area contributed by atoms with Gasteiger partial charge in [-0.2, -0.15) is 0 Å². The van der Waals surface area contributed by atoms with E-state index in [1.807, 2.05) is 18.2 Å². The lowest BCUT2D eigenvalue weighted by atomic mass is 9.64. The average Bonchev–Trinajstić information content (AvgIpc) is 3.24.